The molecule has 1 aliphatic heterocycles. The molecule has 1 fully saturated rings. The molecule has 1 aliphatic rings. The molecule has 2 atom stereocenters. The summed E-state index contributed by atoms with van der Waals surface area (Å²) in [6.45, 7) is 3.48. The third kappa shape index (κ3) is 4.02. The molecule has 19 heavy (non-hydrogen) atoms. The molecule has 5 nitrogen and oxygen atoms in total. The summed E-state index contributed by atoms with van der Waals surface area (Å²) < 4.78 is 10.9. The van der Waals surface area contributed by atoms with E-state index in [1.165, 1.54) is 0 Å². The van der Waals surface area contributed by atoms with Crippen LogP contribution < -0.4 is 11.1 Å². The highest BCUT2D eigenvalue weighted by Gasteiger charge is 2.22. The molecule has 0 radical (unpaired) electrons. The lowest BCUT2D eigenvalue weighted by Gasteiger charge is -2.17. The summed E-state index contributed by atoms with van der Waals surface area (Å²) in [6, 6.07) is 7.49. The van der Waals surface area contributed by atoms with Crippen molar-refractivity contribution in [2.24, 2.45) is 5.73 Å². The first-order valence-electron chi connectivity index (χ1n) is 6.52. The summed E-state index contributed by atoms with van der Waals surface area (Å²) >= 11 is 0. The Morgan fingerprint density at radius 3 is 3.16 bits per heavy atom. The largest absolute Gasteiger partial charge is 0.379 e. The zero-order valence-electron chi connectivity index (χ0n) is 11.1. The SMILES string of the molecule is CC(OC1CCOC1)C(=O)Nc1cccc(CN)c1. The van der Waals surface area contributed by atoms with Crippen LogP contribution in [0.15, 0.2) is 24.3 Å². The standard InChI is InChI=1S/C14H20N2O3/c1-10(19-13-5-6-18-9-13)14(17)16-12-4-2-3-11(7-12)8-15/h2-4,7,10,13H,5-6,8-9,15H2,1H3,(H,16,17). The predicted octanol–water partition coefficient (Wildman–Crippen LogP) is 1.28. The van der Waals surface area contributed by atoms with Gasteiger partial charge in [-0.1, -0.05) is 12.1 Å². The van der Waals surface area contributed by atoms with Gasteiger partial charge in [-0.05, 0) is 31.0 Å². The zero-order chi connectivity index (χ0) is 13.7. The lowest BCUT2D eigenvalue weighted by molar-refractivity contribution is -0.129. The van der Waals surface area contributed by atoms with Gasteiger partial charge in [-0.2, -0.15) is 0 Å². The number of nitrogens with one attached hydrogen (secondary N) is 1. The molecule has 1 heterocycles. The van der Waals surface area contributed by atoms with E-state index < -0.39 is 6.10 Å². The van der Waals surface area contributed by atoms with Gasteiger partial charge in [0.15, 0.2) is 0 Å². The molecule has 0 aromatic heterocycles. The average Bonchev–Trinajstić information content (AvgIpc) is 2.91. The summed E-state index contributed by atoms with van der Waals surface area (Å²) in [4.78, 5) is 12.0. The van der Waals surface area contributed by atoms with Gasteiger partial charge in [-0.15, -0.1) is 0 Å². The van der Waals surface area contributed by atoms with Gasteiger partial charge in [0.2, 0.25) is 0 Å². The van der Waals surface area contributed by atoms with Gasteiger partial charge < -0.3 is 20.5 Å². The molecule has 1 amide bonds. The van der Waals surface area contributed by atoms with Crippen LogP contribution >= 0.6 is 0 Å². The van der Waals surface area contributed by atoms with Crippen molar-refractivity contribution in [3.63, 3.8) is 0 Å². The summed E-state index contributed by atoms with van der Waals surface area (Å²) in [7, 11) is 0. The number of nitrogens with two attached hydrogens (primary N) is 1. The highest BCUT2D eigenvalue weighted by atomic mass is 16.6. The van der Waals surface area contributed by atoms with Crippen LogP contribution in [0.3, 0.4) is 0 Å². The van der Waals surface area contributed by atoms with Crippen LogP contribution in [0.4, 0.5) is 5.69 Å². The maximum Gasteiger partial charge on any atom is 0.253 e. The van der Waals surface area contributed by atoms with Crippen molar-refractivity contribution in [2.75, 3.05) is 18.5 Å². The van der Waals surface area contributed by atoms with Crippen molar-refractivity contribution in [3.05, 3.63) is 29.8 Å². The minimum atomic E-state index is -0.492. The molecule has 5 heteroatoms. The maximum absolute atomic E-state index is 12.0. The Morgan fingerprint density at radius 2 is 2.47 bits per heavy atom. The van der Waals surface area contributed by atoms with Gasteiger partial charge in [-0.3, -0.25) is 4.79 Å². The van der Waals surface area contributed by atoms with Crippen molar-refractivity contribution in [1.29, 1.82) is 0 Å². The fourth-order valence-electron chi connectivity index (χ4n) is 1.99. The lowest BCUT2D eigenvalue weighted by atomic mass is 10.2. The van der Waals surface area contributed by atoms with Crippen LogP contribution in [-0.4, -0.2) is 31.3 Å². The Morgan fingerprint density at radius 1 is 1.63 bits per heavy atom. The third-order valence-corrected chi connectivity index (χ3v) is 3.08. The third-order valence-electron chi connectivity index (χ3n) is 3.08. The number of amides is 1. The molecule has 2 unspecified atom stereocenters. The van der Waals surface area contributed by atoms with Gasteiger partial charge in [0.05, 0.1) is 12.7 Å². The van der Waals surface area contributed by atoms with Gasteiger partial charge in [0.25, 0.3) is 5.91 Å². The Bertz CT molecular complexity index is 430. The first-order valence-corrected chi connectivity index (χ1v) is 6.52. The highest BCUT2D eigenvalue weighted by Crippen LogP contribution is 2.14. The number of rotatable bonds is 5. The van der Waals surface area contributed by atoms with Crippen LogP contribution in [0.5, 0.6) is 0 Å². The topological polar surface area (TPSA) is 73.6 Å². The second-order valence-corrected chi connectivity index (χ2v) is 4.66. The smallest absolute Gasteiger partial charge is 0.253 e. The van der Waals surface area contributed by atoms with E-state index in [1.807, 2.05) is 24.3 Å². The molecule has 104 valence electrons. The van der Waals surface area contributed by atoms with Crippen molar-refractivity contribution >= 4 is 11.6 Å². The van der Waals surface area contributed by atoms with Crippen molar-refractivity contribution < 1.29 is 14.3 Å². The Hall–Kier alpha value is -1.43. The van der Waals surface area contributed by atoms with Crippen LogP contribution in [0.2, 0.25) is 0 Å². The minimum absolute atomic E-state index is 0.0242. The van der Waals surface area contributed by atoms with Crippen LogP contribution in [0, 0.1) is 0 Å². The molecule has 0 aliphatic carbocycles. The van der Waals surface area contributed by atoms with Crippen molar-refractivity contribution in [3.8, 4) is 0 Å². The summed E-state index contributed by atoms with van der Waals surface area (Å²) in [6.07, 6.45) is 0.379. The van der Waals surface area contributed by atoms with E-state index in [9.17, 15) is 4.79 Å². The van der Waals surface area contributed by atoms with Gasteiger partial charge in [0.1, 0.15) is 6.10 Å². The van der Waals surface area contributed by atoms with Crippen molar-refractivity contribution in [1.82, 2.24) is 0 Å². The minimum Gasteiger partial charge on any atom is -0.379 e. The monoisotopic (exact) mass is 264 g/mol. The summed E-state index contributed by atoms with van der Waals surface area (Å²) in [5, 5.41) is 2.83. The van der Waals surface area contributed by atoms with E-state index in [0.29, 0.717) is 19.8 Å². The van der Waals surface area contributed by atoms with Crippen LogP contribution in [0.25, 0.3) is 0 Å². The van der Waals surface area contributed by atoms with Gasteiger partial charge in [0, 0.05) is 18.8 Å². The fourth-order valence-corrected chi connectivity index (χ4v) is 1.99. The molecule has 0 spiro atoms. The molecule has 1 aromatic rings. The molecular formula is C14H20N2O3. The Kier molecular flexibility index (Phi) is 4.90. The molecule has 1 aromatic carbocycles. The second kappa shape index (κ2) is 6.65. The Balaban J connectivity index is 1.88. The van der Waals surface area contributed by atoms with Crippen LogP contribution in [0.1, 0.15) is 18.9 Å². The number of benzene rings is 1. The van der Waals surface area contributed by atoms with Gasteiger partial charge >= 0.3 is 0 Å². The first-order chi connectivity index (χ1) is 9.19. The van der Waals surface area contributed by atoms with E-state index in [2.05, 4.69) is 5.32 Å². The lowest BCUT2D eigenvalue weighted by Crippen LogP contribution is -2.31. The van der Waals surface area contributed by atoms with E-state index in [-0.39, 0.29) is 12.0 Å². The number of carbonyl (C=O) groups is 1. The normalized spacial score (nSPS) is 20.2. The molecule has 1 saturated heterocycles. The average molecular weight is 264 g/mol. The van der Waals surface area contributed by atoms with E-state index in [4.69, 9.17) is 15.2 Å². The molecule has 0 bridgehead atoms. The first kappa shape index (κ1) is 14.0. The fraction of sp³-hybridized carbons (Fsp3) is 0.500. The number of ether oxygens (including phenoxy) is 2. The number of hydrogen-bond acceptors (Lipinski definition) is 4. The zero-order valence-corrected chi connectivity index (χ0v) is 11.1. The predicted molar refractivity (Wildman–Crippen MR) is 72.7 cm³/mol. The maximum atomic E-state index is 12.0. The number of hydrogen-bond donors (Lipinski definition) is 2. The quantitative estimate of drug-likeness (QED) is 0.840. The van der Waals surface area contributed by atoms with Crippen molar-refractivity contribution in [2.45, 2.75) is 32.1 Å². The highest BCUT2D eigenvalue weighted by molar-refractivity contribution is 5.93. The van der Waals surface area contributed by atoms with E-state index in [1.54, 1.807) is 6.92 Å². The van der Waals surface area contributed by atoms with E-state index in [0.717, 1.165) is 17.7 Å². The molecule has 0 saturated carbocycles. The molecular weight excluding hydrogens is 244 g/mol. The number of anilines is 1. The van der Waals surface area contributed by atoms with Crippen LogP contribution in [-0.2, 0) is 20.8 Å². The van der Waals surface area contributed by atoms with E-state index >= 15 is 0 Å². The van der Waals surface area contributed by atoms with Gasteiger partial charge in [-0.25, -0.2) is 0 Å². The molecule has 2 rings (SSSR count). The Labute approximate surface area is 113 Å². The molecule has 3 N–H and O–H groups in total. The second-order valence-electron chi connectivity index (χ2n) is 4.66. The summed E-state index contributed by atoms with van der Waals surface area (Å²) in [5.74, 6) is -0.152. The summed E-state index contributed by atoms with van der Waals surface area (Å²) in [5.41, 5.74) is 7.29. The number of carbonyl (C=O) groups excluding carboxylic acids is 1.